The second kappa shape index (κ2) is 7.77. The van der Waals surface area contributed by atoms with E-state index in [4.69, 9.17) is 4.11 Å². The number of benzene rings is 2. The van der Waals surface area contributed by atoms with Crippen LogP contribution in [-0.4, -0.2) is 0 Å². The van der Waals surface area contributed by atoms with Gasteiger partial charge in [-0.25, -0.2) is 22.0 Å². The van der Waals surface area contributed by atoms with Gasteiger partial charge in [-0.1, -0.05) is 19.8 Å². The Balaban J connectivity index is 2.09. The zero-order chi connectivity index (χ0) is 21.5. The summed E-state index contributed by atoms with van der Waals surface area (Å²) in [6.45, 7) is 2.08. The predicted molar refractivity (Wildman–Crippen MR) is 91.3 cm³/mol. The highest BCUT2D eigenvalue weighted by atomic mass is 19.2. The van der Waals surface area contributed by atoms with Crippen LogP contribution in [0.2, 0.25) is 0 Å². The summed E-state index contributed by atoms with van der Waals surface area (Å²) in [7, 11) is 0. The second-order valence-corrected chi connectivity index (χ2v) is 6.83. The lowest BCUT2D eigenvalue weighted by Crippen LogP contribution is -2.13. The SMILES string of the molecule is [2H]c1c(-c2c(F)c([2H])c(C3CCC(CCC)CC3)c([2H])c2F)cc(F)c(F)c1F. The molecule has 0 N–H and O–H groups in total. The monoisotopic (exact) mass is 371 g/mol. The Hall–Kier alpha value is -1.91. The molecule has 0 nitrogen and oxygen atoms in total. The Kier molecular flexibility index (Phi) is 4.53. The summed E-state index contributed by atoms with van der Waals surface area (Å²) >= 11 is 0. The third-order valence-corrected chi connectivity index (χ3v) is 5.07. The van der Waals surface area contributed by atoms with Gasteiger partial charge in [0.15, 0.2) is 17.5 Å². The van der Waals surface area contributed by atoms with Crippen LogP contribution in [0.3, 0.4) is 0 Å². The van der Waals surface area contributed by atoms with Gasteiger partial charge in [-0.05, 0) is 72.8 Å². The minimum Gasteiger partial charge on any atom is -0.206 e. The molecule has 140 valence electrons. The zero-order valence-electron chi connectivity index (χ0n) is 17.4. The zero-order valence-corrected chi connectivity index (χ0v) is 14.4. The van der Waals surface area contributed by atoms with Crippen molar-refractivity contribution in [2.75, 3.05) is 0 Å². The molecule has 0 amide bonds. The van der Waals surface area contributed by atoms with E-state index in [9.17, 15) is 22.0 Å². The molecule has 26 heavy (non-hydrogen) atoms. The van der Waals surface area contributed by atoms with E-state index in [0.717, 1.165) is 25.7 Å². The lowest BCUT2D eigenvalue weighted by Gasteiger charge is -2.29. The van der Waals surface area contributed by atoms with Crippen LogP contribution in [0.25, 0.3) is 11.1 Å². The molecule has 1 fully saturated rings. The molecular weight excluding hydrogens is 347 g/mol. The smallest absolute Gasteiger partial charge is 0.194 e. The first-order chi connectivity index (χ1) is 13.7. The number of halogens is 5. The molecule has 0 aromatic heterocycles. The largest absolute Gasteiger partial charge is 0.206 e. The van der Waals surface area contributed by atoms with Gasteiger partial charge in [-0.15, -0.1) is 0 Å². The van der Waals surface area contributed by atoms with Crippen LogP contribution in [0, 0.1) is 35.0 Å². The summed E-state index contributed by atoms with van der Waals surface area (Å²) in [5.74, 6) is -8.13. The fourth-order valence-electron chi connectivity index (χ4n) is 3.72. The second-order valence-electron chi connectivity index (χ2n) is 6.83. The summed E-state index contributed by atoms with van der Waals surface area (Å²) in [6.07, 6.45) is 4.99. The van der Waals surface area contributed by atoms with E-state index in [1.54, 1.807) is 0 Å². The normalized spacial score (nSPS) is 22.0. The van der Waals surface area contributed by atoms with Crippen LogP contribution in [-0.2, 0) is 0 Å². The molecule has 1 aliphatic rings. The average molecular weight is 371 g/mol. The van der Waals surface area contributed by atoms with Crippen LogP contribution in [0.4, 0.5) is 22.0 Å². The van der Waals surface area contributed by atoms with Crippen molar-refractivity contribution in [1.29, 1.82) is 0 Å². The van der Waals surface area contributed by atoms with Gasteiger partial charge >= 0.3 is 0 Å². The van der Waals surface area contributed by atoms with E-state index in [2.05, 4.69) is 6.92 Å². The molecule has 0 heterocycles. The van der Waals surface area contributed by atoms with Crippen LogP contribution >= 0.6 is 0 Å². The number of rotatable bonds is 4. The molecule has 0 radical (unpaired) electrons. The molecule has 0 bridgehead atoms. The molecular formula is C21H21F5. The lowest BCUT2D eigenvalue weighted by molar-refractivity contribution is 0.307. The third-order valence-electron chi connectivity index (χ3n) is 5.07. The van der Waals surface area contributed by atoms with Gasteiger partial charge in [-0.2, -0.15) is 0 Å². The Morgan fingerprint density at radius 1 is 0.885 bits per heavy atom. The topological polar surface area (TPSA) is 0 Å². The molecule has 2 aromatic rings. The van der Waals surface area contributed by atoms with Crippen molar-refractivity contribution in [3.63, 3.8) is 0 Å². The number of hydrogen-bond donors (Lipinski definition) is 0. The minimum absolute atomic E-state index is 0.0618. The Bertz CT molecular complexity index is 908. The molecule has 2 aromatic carbocycles. The first-order valence-electron chi connectivity index (χ1n) is 10.3. The molecule has 1 aliphatic carbocycles. The predicted octanol–water partition coefficient (Wildman–Crippen LogP) is 7.12. The van der Waals surface area contributed by atoms with Crippen molar-refractivity contribution in [1.82, 2.24) is 0 Å². The quantitative estimate of drug-likeness (QED) is 0.396. The van der Waals surface area contributed by atoms with Crippen molar-refractivity contribution < 1.29 is 26.1 Å². The summed E-state index contributed by atoms with van der Waals surface area (Å²) in [5, 5.41) is 0. The fourth-order valence-corrected chi connectivity index (χ4v) is 3.72. The maximum absolute atomic E-state index is 15.0. The molecule has 3 rings (SSSR count). The van der Waals surface area contributed by atoms with E-state index < -0.39 is 58.3 Å². The van der Waals surface area contributed by atoms with E-state index in [0.29, 0.717) is 24.8 Å². The lowest BCUT2D eigenvalue weighted by atomic mass is 9.77. The summed E-state index contributed by atoms with van der Waals surface area (Å²) in [4.78, 5) is 0. The average Bonchev–Trinajstić information content (AvgIpc) is 2.70. The number of hydrogen-bond acceptors (Lipinski definition) is 0. The maximum atomic E-state index is 15.0. The van der Waals surface area contributed by atoms with Crippen molar-refractivity contribution >= 4 is 0 Å². The van der Waals surface area contributed by atoms with Gasteiger partial charge in [0, 0.05) is 0 Å². The Morgan fingerprint density at radius 2 is 1.50 bits per heavy atom. The molecule has 1 saturated carbocycles. The van der Waals surface area contributed by atoms with E-state index in [-0.39, 0.29) is 11.5 Å². The van der Waals surface area contributed by atoms with Gasteiger partial charge in [0.25, 0.3) is 0 Å². The fraction of sp³-hybridized carbons (Fsp3) is 0.429. The first-order valence-corrected chi connectivity index (χ1v) is 8.81. The van der Waals surface area contributed by atoms with E-state index in [1.807, 2.05) is 0 Å². The van der Waals surface area contributed by atoms with Crippen LogP contribution in [0.1, 0.15) is 61.0 Å². The first kappa shape index (κ1) is 15.2. The Morgan fingerprint density at radius 3 is 2.08 bits per heavy atom. The summed E-state index contributed by atoms with van der Waals surface area (Å²) < 4.78 is 94.4. The van der Waals surface area contributed by atoms with Crippen molar-refractivity contribution in [3.05, 3.63) is 58.8 Å². The third kappa shape index (κ3) is 3.76. The summed E-state index contributed by atoms with van der Waals surface area (Å²) in [5.41, 5.74) is -1.98. The van der Waals surface area contributed by atoms with Crippen molar-refractivity contribution in [2.24, 2.45) is 5.92 Å². The van der Waals surface area contributed by atoms with Crippen molar-refractivity contribution in [3.8, 4) is 11.1 Å². The highest BCUT2D eigenvalue weighted by Crippen LogP contribution is 2.39. The van der Waals surface area contributed by atoms with Gasteiger partial charge < -0.3 is 0 Å². The molecule has 0 unspecified atom stereocenters. The highest BCUT2D eigenvalue weighted by Gasteiger charge is 2.25. The molecule has 0 atom stereocenters. The van der Waals surface area contributed by atoms with Crippen LogP contribution in [0.5, 0.6) is 0 Å². The molecule has 0 spiro atoms. The van der Waals surface area contributed by atoms with Crippen molar-refractivity contribution in [2.45, 2.75) is 51.4 Å². The maximum Gasteiger partial charge on any atom is 0.194 e. The van der Waals surface area contributed by atoms with E-state index >= 15 is 0 Å². The molecule has 5 heteroatoms. The van der Waals surface area contributed by atoms with Gasteiger partial charge in [0.05, 0.1) is 9.68 Å². The van der Waals surface area contributed by atoms with Crippen LogP contribution in [0.15, 0.2) is 24.2 Å². The summed E-state index contributed by atoms with van der Waals surface area (Å²) in [6, 6.07) is -2.34. The Labute approximate surface area is 154 Å². The van der Waals surface area contributed by atoms with Gasteiger partial charge in [0.1, 0.15) is 11.6 Å². The van der Waals surface area contributed by atoms with Gasteiger partial charge in [0.2, 0.25) is 0 Å². The van der Waals surface area contributed by atoms with Gasteiger partial charge in [-0.3, -0.25) is 0 Å². The minimum atomic E-state index is -1.92. The standard InChI is InChI=1S/C21H21F5/c1-2-3-12-4-6-13(7-5-12)14-8-16(22)20(17(23)9-14)15-10-18(24)21(26)19(25)11-15/h8-13H,2-7H2,1H3/i8D,9D,10D. The molecule has 0 aliphatic heterocycles. The molecule has 0 saturated heterocycles. The van der Waals surface area contributed by atoms with E-state index in [1.165, 1.54) is 0 Å². The van der Waals surface area contributed by atoms with Crippen LogP contribution < -0.4 is 0 Å². The highest BCUT2D eigenvalue weighted by molar-refractivity contribution is 5.65.